The van der Waals surface area contributed by atoms with Gasteiger partial charge in [0.2, 0.25) is 0 Å². The minimum absolute atomic E-state index is 0.334. The van der Waals surface area contributed by atoms with Crippen LogP contribution in [0.3, 0.4) is 0 Å². The minimum atomic E-state index is 0.334. The Kier molecular flexibility index (Phi) is 5.77. The zero-order valence-corrected chi connectivity index (χ0v) is 14.6. The Hall–Kier alpha value is -0.160. The van der Waals surface area contributed by atoms with Crippen molar-refractivity contribution in [1.82, 2.24) is 10.2 Å². The van der Waals surface area contributed by atoms with E-state index < -0.39 is 0 Å². The maximum atomic E-state index is 6.17. The summed E-state index contributed by atoms with van der Waals surface area (Å²) in [5, 5.41) is 3.77. The minimum Gasteiger partial charge on any atom is -0.378 e. The van der Waals surface area contributed by atoms with Crippen molar-refractivity contribution in [2.45, 2.75) is 83.3 Å². The summed E-state index contributed by atoms with van der Waals surface area (Å²) >= 11 is 0. The summed E-state index contributed by atoms with van der Waals surface area (Å²) in [7, 11) is 0. The Morgan fingerprint density at radius 1 is 1.23 bits per heavy atom. The van der Waals surface area contributed by atoms with Gasteiger partial charge in [-0.25, -0.2) is 0 Å². The van der Waals surface area contributed by atoms with Gasteiger partial charge in [-0.2, -0.15) is 0 Å². The Balaban J connectivity index is 1.64. The Morgan fingerprint density at radius 3 is 2.86 bits per heavy atom. The molecule has 3 aliphatic heterocycles. The smallest absolute Gasteiger partial charge is 0.0645 e. The summed E-state index contributed by atoms with van der Waals surface area (Å²) in [6.45, 7) is 10.9. The molecule has 0 bridgehead atoms. The van der Waals surface area contributed by atoms with Gasteiger partial charge in [0.1, 0.15) is 0 Å². The topological polar surface area (TPSA) is 33.7 Å². The lowest BCUT2D eigenvalue weighted by Crippen LogP contribution is -2.57. The molecular formula is C18H34N2O2. The second-order valence-electron chi connectivity index (χ2n) is 7.58. The highest BCUT2D eigenvalue weighted by atomic mass is 16.5. The molecule has 5 atom stereocenters. The molecule has 3 saturated heterocycles. The molecule has 22 heavy (non-hydrogen) atoms. The van der Waals surface area contributed by atoms with Gasteiger partial charge in [-0.05, 0) is 66.0 Å². The van der Waals surface area contributed by atoms with Crippen LogP contribution in [0.5, 0.6) is 0 Å². The Bertz CT molecular complexity index is 350. The number of hydrogen-bond donors (Lipinski definition) is 1. The van der Waals surface area contributed by atoms with E-state index in [0.29, 0.717) is 30.3 Å². The van der Waals surface area contributed by atoms with E-state index in [1.54, 1.807) is 0 Å². The summed E-state index contributed by atoms with van der Waals surface area (Å²) in [6.07, 6.45) is 7.44. The van der Waals surface area contributed by atoms with Crippen molar-refractivity contribution in [3.63, 3.8) is 0 Å². The zero-order chi connectivity index (χ0) is 15.5. The average molecular weight is 310 g/mol. The maximum Gasteiger partial charge on any atom is 0.0645 e. The standard InChI is InChI=1S/C18H34N2O2/c1-4-21-18-10-14-6-5-9-20(14)12-16(18)17-11-15(7-8-19-17)22-13(2)3/h13-19H,4-12H2,1-3H3. The summed E-state index contributed by atoms with van der Waals surface area (Å²) in [6, 6.07) is 1.33. The fourth-order valence-electron chi connectivity index (χ4n) is 4.77. The molecule has 5 unspecified atom stereocenters. The second-order valence-corrected chi connectivity index (χ2v) is 7.58. The molecule has 4 heteroatoms. The fraction of sp³-hybridized carbons (Fsp3) is 1.00. The van der Waals surface area contributed by atoms with Crippen LogP contribution in [-0.4, -0.2) is 61.5 Å². The molecule has 0 aliphatic carbocycles. The first-order valence-corrected chi connectivity index (χ1v) is 9.41. The summed E-state index contributed by atoms with van der Waals surface area (Å²) in [4.78, 5) is 2.72. The molecule has 0 aromatic heterocycles. The molecule has 3 heterocycles. The van der Waals surface area contributed by atoms with Gasteiger partial charge in [-0.15, -0.1) is 0 Å². The van der Waals surface area contributed by atoms with Crippen molar-refractivity contribution in [2.75, 3.05) is 26.2 Å². The van der Waals surface area contributed by atoms with E-state index in [-0.39, 0.29) is 0 Å². The van der Waals surface area contributed by atoms with E-state index in [0.717, 1.165) is 32.0 Å². The quantitative estimate of drug-likeness (QED) is 0.845. The van der Waals surface area contributed by atoms with Crippen LogP contribution in [0.1, 0.15) is 52.9 Å². The highest BCUT2D eigenvalue weighted by molar-refractivity contribution is 4.97. The average Bonchev–Trinajstić information content (AvgIpc) is 2.93. The van der Waals surface area contributed by atoms with Crippen LogP contribution in [0.25, 0.3) is 0 Å². The summed E-state index contributed by atoms with van der Waals surface area (Å²) in [5.74, 6) is 0.618. The molecule has 0 aromatic rings. The second kappa shape index (κ2) is 7.61. The monoisotopic (exact) mass is 310 g/mol. The highest BCUT2D eigenvalue weighted by Crippen LogP contribution is 2.35. The Morgan fingerprint density at radius 2 is 2.09 bits per heavy atom. The normalized spacial score (nSPS) is 40.1. The van der Waals surface area contributed by atoms with Gasteiger partial charge in [0.05, 0.1) is 18.3 Å². The number of piperidine rings is 2. The zero-order valence-electron chi connectivity index (χ0n) is 14.6. The number of ether oxygens (including phenoxy) is 2. The fourth-order valence-corrected chi connectivity index (χ4v) is 4.77. The van der Waals surface area contributed by atoms with E-state index in [2.05, 4.69) is 31.0 Å². The van der Waals surface area contributed by atoms with Crippen molar-refractivity contribution < 1.29 is 9.47 Å². The molecule has 0 spiro atoms. The van der Waals surface area contributed by atoms with Gasteiger partial charge in [0, 0.05) is 31.2 Å². The van der Waals surface area contributed by atoms with Crippen molar-refractivity contribution in [3.05, 3.63) is 0 Å². The third-order valence-corrected chi connectivity index (χ3v) is 5.68. The van der Waals surface area contributed by atoms with Crippen molar-refractivity contribution in [3.8, 4) is 0 Å². The van der Waals surface area contributed by atoms with Gasteiger partial charge in [0.25, 0.3) is 0 Å². The van der Waals surface area contributed by atoms with Gasteiger partial charge in [-0.3, -0.25) is 4.90 Å². The molecule has 0 aromatic carbocycles. The molecule has 3 aliphatic rings. The maximum absolute atomic E-state index is 6.17. The van der Waals surface area contributed by atoms with E-state index >= 15 is 0 Å². The van der Waals surface area contributed by atoms with Gasteiger partial charge in [0.15, 0.2) is 0 Å². The third kappa shape index (κ3) is 3.84. The van der Waals surface area contributed by atoms with Crippen LogP contribution in [-0.2, 0) is 9.47 Å². The van der Waals surface area contributed by atoms with E-state index in [1.807, 2.05) is 0 Å². The number of rotatable bonds is 5. The first kappa shape index (κ1) is 16.7. The van der Waals surface area contributed by atoms with E-state index in [9.17, 15) is 0 Å². The summed E-state index contributed by atoms with van der Waals surface area (Å²) < 4.78 is 12.3. The summed E-state index contributed by atoms with van der Waals surface area (Å²) in [5.41, 5.74) is 0. The van der Waals surface area contributed by atoms with Crippen molar-refractivity contribution in [1.29, 1.82) is 0 Å². The number of nitrogens with one attached hydrogen (secondary N) is 1. The van der Waals surface area contributed by atoms with Crippen LogP contribution in [0.2, 0.25) is 0 Å². The lowest BCUT2D eigenvalue weighted by atomic mass is 9.81. The van der Waals surface area contributed by atoms with Crippen molar-refractivity contribution in [2.24, 2.45) is 5.92 Å². The molecule has 0 saturated carbocycles. The molecule has 0 radical (unpaired) electrons. The highest BCUT2D eigenvalue weighted by Gasteiger charge is 2.42. The largest absolute Gasteiger partial charge is 0.378 e. The van der Waals surface area contributed by atoms with Crippen LogP contribution < -0.4 is 5.32 Å². The van der Waals surface area contributed by atoms with Gasteiger partial charge >= 0.3 is 0 Å². The molecule has 128 valence electrons. The van der Waals surface area contributed by atoms with Crippen LogP contribution in [0, 0.1) is 5.92 Å². The number of hydrogen-bond acceptors (Lipinski definition) is 4. The first-order valence-electron chi connectivity index (χ1n) is 9.41. The first-order chi connectivity index (χ1) is 10.7. The predicted octanol–water partition coefficient (Wildman–Crippen LogP) is 2.42. The van der Waals surface area contributed by atoms with Crippen LogP contribution in [0.4, 0.5) is 0 Å². The lowest BCUT2D eigenvalue weighted by Gasteiger charge is -2.46. The van der Waals surface area contributed by atoms with Gasteiger partial charge < -0.3 is 14.8 Å². The molecule has 0 amide bonds. The van der Waals surface area contributed by atoms with Crippen molar-refractivity contribution >= 4 is 0 Å². The molecule has 3 fully saturated rings. The lowest BCUT2D eigenvalue weighted by molar-refractivity contribution is -0.0730. The molecule has 4 nitrogen and oxygen atoms in total. The molecule has 3 rings (SSSR count). The van der Waals surface area contributed by atoms with Crippen LogP contribution >= 0.6 is 0 Å². The SMILES string of the molecule is CCOC1CC2CCCN2CC1C1CC(OC(C)C)CCN1. The van der Waals surface area contributed by atoms with Crippen LogP contribution in [0.15, 0.2) is 0 Å². The third-order valence-electron chi connectivity index (χ3n) is 5.68. The predicted molar refractivity (Wildman–Crippen MR) is 89.1 cm³/mol. The number of fused-ring (bicyclic) bond motifs is 1. The number of nitrogens with zero attached hydrogens (tertiary/aromatic N) is 1. The molecular weight excluding hydrogens is 276 g/mol. The van der Waals surface area contributed by atoms with Gasteiger partial charge in [-0.1, -0.05) is 0 Å². The molecule has 1 N–H and O–H groups in total. The Labute approximate surface area is 135 Å². The van der Waals surface area contributed by atoms with E-state index in [1.165, 1.54) is 32.4 Å². The van der Waals surface area contributed by atoms with E-state index in [4.69, 9.17) is 9.47 Å².